The molecule has 1 unspecified atom stereocenters. The third-order valence-corrected chi connectivity index (χ3v) is 9.01. The zero-order valence-electron chi connectivity index (χ0n) is 24.9. The van der Waals surface area contributed by atoms with Crippen LogP contribution in [0.5, 0.6) is 0 Å². The van der Waals surface area contributed by atoms with Gasteiger partial charge in [0.05, 0.1) is 17.9 Å². The Morgan fingerprint density at radius 1 is 1.02 bits per heavy atom. The lowest BCUT2D eigenvalue weighted by Gasteiger charge is -2.43. The first-order valence-corrected chi connectivity index (χ1v) is 15.7. The van der Waals surface area contributed by atoms with Crippen molar-refractivity contribution in [2.75, 3.05) is 11.3 Å². The molecule has 2 atom stereocenters. The number of nitrogens with zero attached hydrogens (tertiary/aromatic N) is 2. The van der Waals surface area contributed by atoms with Gasteiger partial charge in [-0.05, 0) is 38.3 Å². The average molecular weight is 584 g/mol. The predicted octanol–water partition coefficient (Wildman–Crippen LogP) is 5.71. The summed E-state index contributed by atoms with van der Waals surface area (Å²) in [7, 11) is -3.97. The maximum Gasteiger partial charge on any atom is 0.314 e. The number of hydrogen-bond donors (Lipinski definition) is 2. The molecule has 9 nitrogen and oxygen atoms in total. The van der Waals surface area contributed by atoms with E-state index < -0.39 is 22.0 Å². The van der Waals surface area contributed by atoms with Crippen LogP contribution in [-0.4, -0.2) is 42.5 Å². The Morgan fingerprint density at radius 2 is 1.68 bits per heavy atom. The van der Waals surface area contributed by atoms with Crippen LogP contribution in [0.25, 0.3) is 11.1 Å². The van der Waals surface area contributed by atoms with E-state index in [9.17, 15) is 18.0 Å². The second-order valence-corrected chi connectivity index (χ2v) is 12.7. The lowest BCUT2D eigenvalue weighted by Crippen LogP contribution is -2.65. The third-order valence-electron chi connectivity index (χ3n) is 7.61. The van der Waals surface area contributed by atoms with Crippen molar-refractivity contribution in [2.45, 2.75) is 84.7 Å². The Balaban J connectivity index is 2.01. The molecular formula is C31H43N4O5S+. The molecule has 0 aliphatic carbocycles. The first-order chi connectivity index (χ1) is 19.4. The molecule has 0 aliphatic rings. The summed E-state index contributed by atoms with van der Waals surface area (Å²) in [6.45, 7) is 12.2. The summed E-state index contributed by atoms with van der Waals surface area (Å²) in [4.78, 5) is 26.6. The van der Waals surface area contributed by atoms with Crippen molar-refractivity contribution in [3.05, 3.63) is 65.4 Å². The van der Waals surface area contributed by atoms with E-state index in [0.717, 1.165) is 24.8 Å². The second-order valence-electron chi connectivity index (χ2n) is 11.0. The van der Waals surface area contributed by atoms with Gasteiger partial charge in [-0.15, -0.1) is 0 Å². The summed E-state index contributed by atoms with van der Waals surface area (Å²) in [6, 6.07) is 13.6. The summed E-state index contributed by atoms with van der Waals surface area (Å²) in [5.74, 6) is 0.119. The zero-order chi connectivity index (χ0) is 30.4. The van der Waals surface area contributed by atoms with Gasteiger partial charge in [-0.25, -0.2) is 17.7 Å². The molecule has 0 radical (unpaired) electrons. The van der Waals surface area contributed by atoms with Crippen LogP contribution in [0, 0.1) is 19.8 Å². The minimum absolute atomic E-state index is 0.0196. The number of sulfonamides is 1. The van der Waals surface area contributed by atoms with Crippen molar-refractivity contribution >= 4 is 27.7 Å². The van der Waals surface area contributed by atoms with E-state index in [1.54, 1.807) is 38.1 Å². The molecule has 1 heterocycles. The molecule has 0 fully saturated rings. The van der Waals surface area contributed by atoms with E-state index in [4.69, 9.17) is 10.3 Å². The Morgan fingerprint density at radius 3 is 2.22 bits per heavy atom. The zero-order valence-corrected chi connectivity index (χ0v) is 25.8. The standard InChI is InChI=1S/C31H42N4O5S/c1-7-9-14-28(36)35(19-8-2,29(21(3)4)30(32)37)20-24-15-17-25(18-16-24)26-12-10-11-13-27(26)41(38,39)34-31-22(5)23(6)40-33-31/h10-13,15-18,21,29H,7-9,14,19-20H2,1-6H3,(H2-,32,33,34,37)/p+1/t29-,35?/m0/s1. The van der Waals surface area contributed by atoms with Crippen molar-refractivity contribution < 1.29 is 27.0 Å². The molecule has 2 aromatic carbocycles. The normalized spacial score (nSPS) is 14.0. The molecule has 1 aromatic heterocycles. The van der Waals surface area contributed by atoms with Crippen LogP contribution in [0.2, 0.25) is 0 Å². The highest BCUT2D eigenvalue weighted by Gasteiger charge is 2.47. The summed E-state index contributed by atoms with van der Waals surface area (Å²) >= 11 is 0. The van der Waals surface area contributed by atoms with Crippen molar-refractivity contribution in [1.82, 2.24) is 5.16 Å². The number of carbonyl (C=O) groups is 2. The number of carbonyl (C=O) groups excluding carboxylic acids is 2. The molecule has 3 rings (SSSR count). The topological polar surface area (TPSA) is 132 Å². The van der Waals surface area contributed by atoms with Crippen LogP contribution in [0.15, 0.2) is 57.9 Å². The Labute approximate surface area is 243 Å². The number of nitrogens with two attached hydrogens (primary N) is 1. The number of anilines is 1. The van der Waals surface area contributed by atoms with Gasteiger partial charge in [0.15, 0.2) is 11.9 Å². The van der Waals surface area contributed by atoms with Gasteiger partial charge in [-0.3, -0.25) is 9.52 Å². The third kappa shape index (κ3) is 7.05. The molecule has 3 aromatic rings. The minimum Gasteiger partial charge on any atom is -0.364 e. The second kappa shape index (κ2) is 13.4. The number of amides is 2. The number of hydrogen-bond acceptors (Lipinski definition) is 6. The van der Waals surface area contributed by atoms with Crippen LogP contribution in [0.1, 0.15) is 70.3 Å². The highest BCUT2D eigenvalue weighted by atomic mass is 32.2. The van der Waals surface area contributed by atoms with Gasteiger partial charge in [-0.1, -0.05) is 81.7 Å². The monoisotopic (exact) mass is 583 g/mol. The quantitative estimate of drug-likeness (QED) is 0.234. The van der Waals surface area contributed by atoms with E-state index in [1.165, 1.54) is 0 Å². The van der Waals surface area contributed by atoms with Gasteiger partial charge in [0, 0.05) is 22.6 Å². The van der Waals surface area contributed by atoms with Crippen LogP contribution in [0.4, 0.5) is 5.82 Å². The van der Waals surface area contributed by atoms with Gasteiger partial charge in [-0.2, -0.15) is 0 Å². The Kier molecular flexibility index (Phi) is 10.5. The largest absolute Gasteiger partial charge is 0.364 e. The van der Waals surface area contributed by atoms with Gasteiger partial charge < -0.3 is 10.3 Å². The lowest BCUT2D eigenvalue weighted by molar-refractivity contribution is -0.887. The Hall–Kier alpha value is -3.50. The van der Waals surface area contributed by atoms with Gasteiger partial charge in [0.25, 0.3) is 15.9 Å². The van der Waals surface area contributed by atoms with Crippen molar-refractivity contribution in [1.29, 1.82) is 0 Å². The fraction of sp³-hybridized carbons (Fsp3) is 0.452. The molecule has 2 amide bonds. The van der Waals surface area contributed by atoms with Crippen LogP contribution >= 0.6 is 0 Å². The van der Waals surface area contributed by atoms with E-state index in [-0.39, 0.29) is 27.0 Å². The first-order valence-electron chi connectivity index (χ1n) is 14.2. The molecule has 222 valence electrons. The summed E-state index contributed by atoms with van der Waals surface area (Å²) in [5, 5.41) is 3.83. The number of nitrogens with one attached hydrogen (secondary N) is 1. The van der Waals surface area contributed by atoms with Crippen LogP contribution < -0.4 is 10.5 Å². The molecule has 41 heavy (non-hydrogen) atoms. The van der Waals surface area contributed by atoms with E-state index in [2.05, 4.69) is 9.88 Å². The lowest BCUT2D eigenvalue weighted by atomic mass is 9.95. The number of quaternary nitrogens is 1. The fourth-order valence-electron chi connectivity index (χ4n) is 5.53. The SMILES string of the molecule is CCCCC(=O)[N+](CCC)(Cc1ccc(-c2ccccc2S(=O)(=O)Nc2noc(C)c2C)cc1)[C@H](C(N)=O)C(C)C. The number of rotatable bonds is 14. The van der Waals surface area contributed by atoms with Crippen molar-refractivity contribution in [3.63, 3.8) is 0 Å². The molecule has 0 saturated carbocycles. The first kappa shape index (κ1) is 32.0. The van der Waals surface area contributed by atoms with Crippen molar-refractivity contribution in [3.8, 4) is 11.1 Å². The van der Waals surface area contributed by atoms with Crippen LogP contribution in [-0.2, 0) is 26.2 Å². The van der Waals surface area contributed by atoms with Gasteiger partial charge in [0.2, 0.25) is 0 Å². The van der Waals surface area contributed by atoms with Crippen molar-refractivity contribution in [2.24, 2.45) is 11.7 Å². The average Bonchev–Trinajstić information content (AvgIpc) is 3.23. The smallest absolute Gasteiger partial charge is 0.314 e. The molecule has 10 heteroatoms. The summed E-state index contributed by atoms with van der Waals surface area (Å²) in [5.41, 5.74) is 8.62. The predicted molar refractivity (Wildman–Crippen MR) is 160 cm³/mol. The number of aryl methyl sites for hydroxylation is 1. The number of unbranched alkanes of at least 4 members (excludes halogenated alkanes) is 1. The molecule has 3 N–H and O–H groups in total. The van der Waals surface area contributed by atoms with E-state index >= 15 is 0 Å². The molecule has 0 bridgehead atoms. The number of benzene rings is 2. The van der Waals surface area contributed by atoms with Gasteiger partial charge >= 0.3 is 5.91 Å². The summed E-state index contributed by atoms with van der Waals surface area (Å²) < 4.78 is 34.4. The minimum atomic E-state index is -3.97. The molecule has 0 saturated heterocycles. The fourth-order valence-corrected chi connectivity index (χ4v) is 6.82. The Bertz CT molecular complexity index is 1460. The summed E-state index contributed by atoms with van der Waals surface area (Å²) in [6.07, 6.45) is 2.73. The molecule has 0 spiro atoms. The van der Waals surface area contributed by atoms with E-state index in [0.29, 0.717) is 42.0 Å². The van der Waals surface area contributed by atoms with Gasteiger partial charge in [0.1, 0.15) is 12.3 Å². The van der Waals surface area contributed by atoms with Crippen LogP contribution in [0.3, 0.4) is 0 Å². The molecule has 0 aliphatic heterocycles. The maximum atomic E-state index is 13.8. The van der Waals surface area contributed by atoms with E-state index in [1.807, 2.05) is 52.0 Å². The number of aromatic nitrogens is 1. The highest BCUT2D eigenvalue weighted by Crippen LogP contribution is 2.32. The highest BCUT2D eigenvalue weighted by molar-refractivity contribution is 7.92. The molecular weight excluding hydrogens is 540 g/mol. The maximum absolute atomic E-state index is 13.8. The number of primary amides is 1.